The first-order valence-corrected chi connectivity index (χ1v) is 12.3. The summed E-state index contributed by atoms with van der Waals surface area (Å²) >= 11 is 0. The van der Waals surface area contributed by atoms with Crippen molar-refractivity contribution in [1.82, 2.24) is 19.2 Å². The number of amides is 1. The average molecular weight is 502 g/mol. The number of rotatable bonds is 6. The van der Waals surface area contributed by atoms with E-state index in [1.54, 1.807) is 19.4 Å². The van der Waals surface area contributed by atoms with Crippen LogP contribution < -0.4 is 25.5 Å². The van der Waals surface area contributed by atoms with Crippen molar-refractivity contribution in [3.63, 3.8) is 0 Å². The number of piperazine rings is 1. The summed E-state index contributed by atoms with van der Waals surface area (Å²) in [6.45, 7) is 9.36. The smallest absolute Gasteiger partial charge is 0.352 e. The molecule has 10 heteroatoms. The first kappa shape index (κ1) is 24.4. The molecule has 1 aliphatic rings. The van der Waals surface area contributed by atoms with Crippen molar-refractivity contribution in [2.75, 3.05) is 48.4 Å². The Kier molecular flexibility index (Phi) is 6.56. The molecular formula is C27H31N7O3. The zero-order chi connectivity index (χ0) is 26.1. The van der Waals surface area contributed by atoms with Gasteiger partial charge in [0.05, 0.1) is 12.8 Å². The Balaban J connectivity index is 1.29. The first-order chi connectivity index (χ1) is 17.8. The third-order valence-corrected chi connectivity index (χ3v) is 6.88. The van der Waals surface area contributed by atoms with Gasteiger partial charge in [0.2, 0.25) is 5.91 Å². The van der Waals surface area contributed by atoms with E-state index >= 15 is 0 Å². The van der Waals surface area contributed by atoms with Crippen LogP contribution >= 0.6 is 0 Å². The highest BCUT2D eigenvalue weighted by Gasteiger charge is 2.21. The molecule has 0 atom stereocenters. The molecule has 1 amide bonds. The van der Waals surface area contributed by atoms with E-state index in [-0.39, 0.29) is 18.2 Å². The molecule has 0 aliphatic carbocycles. The highest BCUT2D eigenvalue weighted by Crippen LogP contribution is 2.26. The number of ether oxygens (including phenoxy) is 1. The van der Waals surface area contributed by atoms with E-state index in [1.165, 1.54) is 21.2 Å². The van der Waals surface area contributed by atoms with Gasteiger partial charge in [-0.15, -0.1) is 5.10 Å². The number of aryl methyl sites for hydroxylation is 2. The maximum Gasteiger partial charge on any atom is 0.352 e. The number of carbonyl (C=O) groups is 1. The van der Waals surface area contributed by atoms with Gasteiger partial charge in [-0.2, -0.15) is 4.98 Å². The van der Waals surface area contributed by atoms with Crippen LogP contribution in [0.5, 0.6) is 5.75 Å². The molecule has 0 spiro atoms. The number of aromatic nitrogens is 4. The molecule has 1 N–H and O–H groups in total. The van der Waals surface area contributed by atoms with Crippen LogP contribution in [0.4, 0.5) is 17.2 Å². The molecule has 10 nitrogen and oxygen atoms in total. The maximum absolute atomic E-state index is 12.8. The molecular weight excluding hydrogens is 470 g/mol. The van der Waals surface area contributed by atoms with Gasteiger partial charge < -0.3 is 19.9 Å². The minimum absolute atomic E-state index is 0.233. The summed E-state index contributed by atoms with van der Waals surface area (Å²) in [5.74, 6) is 1.20. The zero-order valence-corrected chi connectivity index (χ0v) is 21.6. The summed E-state index contributed by atoms with van der Waals surface area (Å²) in [5.41, 5.74) is 4.98. The van der Waals surface area contributed by atoms with Crippen LogP contribution in [-0.4, -0.2) is 58.4 Å². The lowest BCUT2D eigenvalue weighted by atomic mass is 10.1. The topological polar surface area (TPSA) is 97.0 Å². The number of fused-ring (bicyclic) bond motifs is 1. The predicted octanol–water partition coefficient (Wildman–Crippen LogP) is 2.79. The molecule has 2 aromatic carbocycles. The van der Waals surface area contributed by atoms with Gasteiger partial charge in [0.1, 0.15) is 18.1 Å². The third kappa shape index (κ3) is 4.87. The second-order valence-electron chi connectivity index (χ2n) is 9.34. The van der Waals surface area contributed by atoms with E-state index in [2.05, 4.69) is 57.2 Å². The van der Waals surface area contributed by atoms with Gasteiger partial charge in [-0.3, -0.25) is 4.79 Å². The second kappa shape index (κ2) is 9.96. The fourth-order valence-electron chi connectivity index (χ4n) is 4.68. The van der Waals surface area contributed by atoms with Gasteiger partial charge in [-0.25, -0.2) is 13.9 Å². The molecule has 0 radical (unpaired) electrons. The Labute approximate surface area is 215 Å². The molecule has 1 saturated heterocycles. The van der Waals surface area contributed by atoms with Crippen LogP contribution in [0.15, 0.2) is 53.5 Å². The molecule has 192 valence electrons. The van der Waals surface area contributed by atoms with E-state index in [0.717, 1.165) is 42.2 Å². The summed E-state index contributed by atoms with van der Waals surface area (Å²) in [7, 11) is 1.54. The summed E-state index contributed by atoms with van der Waals surface area (Å²) < 4.78 is 7.80. The van der Waals surface area contributed by atoms with Gasteiger partial charge in [0, 0.05) is 38.1 Å². The lowest BCUT2D eigenvalue weighted by Gasteiger charge is -2.37. The van der Waals surface area contributed by atoms with Gasteiger partial charge in [0.15, 0.2) is 0 Å². The number of nitrogens with one attached hydrogen (secondary N) is 1. The zero-order valence-electron chi connectivity index (χ0n) is 21.6. The average Bonchev–Trinajstić information content (AvgIpc) is 3.20. The number of anilines is 3. The van der Waals surface area contributed by atoms with Crippen molar-refractivity contribution in [1.29, 1.82) is 0 Å². The molecule has 5 rings (SSSR count). The number of hydrogen-bond donors (Lipinski definition) is 1. The monoisotopic (exact) mass is 501 g/mol. The Morgan fingerprint density at radius 1 is 1.03 bits per heavy atom. The van der Waals surface area contributed by atoms with E-state index in [0.29, 0.717) is 11.4 Å². The van der Waals surface area contributed by atoms with Crippen molar-refractivity contribution in [2.24, 2.45) is 0 Å². The minimum Gasteiger partial charge on any atom is -0.495 e. The molecule has 1 aliphatic heterocycles. The minimum atomic E-state index is -0.417. The van der Waals surface area contributed by atoms with Crippen molar-refractivity contribution >= 4 is 28.9 Å². The maximum atomic E-state index is 12.8. The summed E-state index contributed by atoms with van der Waals surface area (Å²) in [6.07, 6.45) is 1.67. The molecule has 3 heterocycles. The second-order valence-corrected chi connectivity index (χ2v) is 9.34. The molecule has 4 aromatic rings. The molecule has 0 unspecified atom stereocenters. The van der Waals surface area contributed by atoms with Gasteiger partial charge in [-0.05, 0) is 61.7 Å². The highest BCUT2D eigenvalue weighted by atomic mass is 16.5. The summed E-state index contributed by atoms with van der Waals surface area (Å²) in [4.78, 5) is 34.8. The molecule has 1 fully saturated rings. The highest BCUT2D eigenvalue weighted by molar-refractivity contribution is 5.92. The van der Waals surface area contributed by atoms with Gasteiger partial charge in [-0.1, -0.05) is 18.2 Å². The number of benzene rings is 2. The first-order valence-electron chi connectivity index (χ1n) is 12.3. The van der Waals surface area contributed by atoms with E-state index in [4.69, 9.17) is 4.74 Å². The molecule has 2 aromatic heterocycles. The van der Waals surface area contributed by atoms with Gasteiger partial charge >= 0.3 is 5.69 Å². The normalized spacial score (nSPS) is 13.7. The lowest BCUT2D eigenvalue weighted by Crippen LogP contribution is -2.47. The number of carbonyl (C=O) groups excluding carboxylic acids is 1. The largest absolute Gasteiger partial charge is 0.495 e. The third-order valence-electron chi connectivity index (χ3n) is 6.88. The standard InChI is InChI=1S/C27H31N7O3/c1-18-8-9-23(37-4)21(16-18)28-25(35)17-34-27(36)33-11-10-24(29-26(33)30-34)32-14-12-31(13-15-32)22-7-5-6-19(2)20(22)3/h5-11,16H,12-15,17H2,1-4H3,(H,28,35). The molecule has 37 heavy (non-hydrogen) atoms. The molecule has 0 bridgehead atoms. The van der Waals surface area contributed by atoms with Gasteiger partial charge in [0.25, 0.3) is 5.78 Å². The van der Waals surface area contributed by atoms with E-state index < -0.39 is 5.69 Å². The lowest BCUT2D eigenvalue weighted by molar-refractivity contribution is -0.117. The van der Waals surface area contributed by atoms with Crippen LogP contribution in [0.25, 0.3) is 5.78 Å². The Hall–Kier alpha value is -4.34. The Morgan fingerprint density at radius 3 is 2.54 bits per heavy atom. The van der Waals surface area contributed by atoms with Crippen LogP contribution in [0.3, 0.4) is 0 Å². The SMILES string of the molecule is COc1ccc(C)cc1NC(=O)Cn1nc2nc(N3CCN(c4cccc(C)c4C)CC3)ccn2c1=O. The number of hydrogen-bond acceptors (Lipinski definition) is 7. The number of methoxy groups -OCH3 is 1. The van der Waals surface area contributed by atoms with Crippen LogP contribution in [0.2, 0.25) is 0 Å². The van der Waals surface area contributed by atoms with Crippen molar-refractivity contribution in [2.45, 2.75) is 27.3 Å². The van der Waals surface area contributed by atoms with Crippen LogP contribution in [0, 0.1) is 20.8 Å². The Bertz CT molecular complexity index is 1520. The number of nitrogens with zero attached hydrogens (tertiary/aromatic N) is 6. The van der Waals surface area contributed by atoms with Crippen LogP contribution in [0.1, 0.15) is 16.7 Å². The van der Waals surface area contributed by atoms with Crippen molar-refractivity contribution < 1.29 is 9.53 Å². The predicted molar refractivity (Wildman–Crippen MR) is 144 cm³/mol. The molecule has 0 saturated carbocycles. The van der Waals surface area contributed by atoms with E-state index in [1.807, 2.05) is 25.1 Å². The van der Waals surface area contributed by atoms with Crippen LogP contribution in [-0.2, 0) is 11.3 Å². The summed E-state index contributed by atoms with van der Waals surface area (Å²) in [6, 6.07) is 13.7. The van der Waals surface area contributed by atoms with Crippen molar-refractivity contribution in [3.05, 3.63) is 75.8 Å². The van der Waals surface area contributed by atoms with Crippen molar-refractivity contribution in [3.8, 4) is 5.75 Å². The summed E-state index contributed by atoms with van der Waals surface area (Å²) in [5, 5.41) is 7.12. The fourth-order valence-corrected chi connectivity index (χ4v) is 4.68. The Morgan fingerprint density at radius 2 is 1.78 bits per heavy atom. The quantitative estimate of drug-likeness (QED) is 0.434. The van der Waals surface area contributed by atoms with E-state index in [9.17, 15) is 9.59 Å². The fraction of sp³-hybridized carbons (Fsp3) is 0.333.